The van der Waals surface area contributed by atoms with E-state index in [4.69, 9.17) is 29.4 Å². The third-order valence-electron chi connectivity index (χ3n) is 8.48. The number of rotatable bonds is 38. The van der Waals surface area contributed by atoms with Crippen molar-refractivity contribution in [3.8, 4) is 0 Å². The van der Waals surface area contributed by atoms with Crippen LogP contribution < -0.4 is 5.73 Å². The number of phosphoric ester groups is 1. The van der Waals surface area contributed by atoms with E-state index < -0.39 is 45.1 Å². The van der Waals surface area contributed by atoms with Crippen LogP contribution in [0, 0.1) is 0 Å². The maximum absolute atomic E-state index is 12.6. The van der Waals surface area contributed by atoms with E-state index in [1.54, 1.807) is 0 Å². The van der Waals surface area contributed by atoms with Gasteiger partial charge in [0.05, 0.1) is 19.8 Å². The average Bonchev–Trinajstić information content (AvgIpc) is 3.09. The highest BCUT2D eigenvalue weighted by Crippen LogP contribution is 2.43. The lowest BCUT2D eigenvalue weighted by Gasteiger charge is -2.20. The molecule has 0 aliphatic carbocycles. The minimum Gasteiger partial charge on any atom is -0.480 e. The minimum atomic E-state index is -4.61. The summed E-state index contributed by atoms with van der Waals surface area (Å²) in [6.07, 6.45) is 36.5. The number of hydrogen-bond acceptors (Lipinski definition) is 8. The highest BCUT2D eigenvalue weighted by Gasteiger charge is 2.27. The third kappa shape index (κ3) is 34.9. The Morgan fingerprint density at radius 2 is 1.12 bits per heavy atom. The van der Waals surface area contributed by atoms with E-state index in [0.717, 1.165) is 44.9 Å². The van der Waals surface area contributed by atoms with Crippen LogP contribution in [-0.4, -0.2) is 60.5 Å². The van der Waals surface area contributed by atoms with Gasteiger partial charge in [-0.2, -0.15) is 0 Å². The van der Waals surface area contributed by atoms with Gasteiger partial charge in [-0.05, 0) is 38.5 Å². The maximum Gasteiger partial charge on any atom is 0.472 e. The fourth-order valence-electron chi connectivity index (χ4n) is 5.33. The summed E-state index contributed by atoms with van der Waals surface area (Å²) in [5.41, 5.74) is 5.34. The second kappa shape index (κ2) is 35.8. The second-order valence-electron chi connectivity index (χ2n) is 13.4. The highest BCUT2D eigenvalue weighted by molar-refractivity contribution is 7.47. The first-order valence-corrected chi connectivity index (χ1v) is 21.4. The van der Waals surface area contributed by atoms with Crippen molar-refractivity contribution in [2.24, 2.45) is 5.73 Å². The van der Waals surface area contributed by atoms with E-state index in [-0.39, 0.29) is 13.0 Å². The molecule has 0 aromatic heterocycles. The number of nitrogens with two attached hydrogens (primary N) is 1. The maximum atomic E-state index is 12.6. The molecule has 0 saturated heterocycles. The van der Waals surface area contributed by atoms with Gasteiger partial charge >= 0.3 is 19.8 Å². The number of esters is 1. The molecule has 0 fully saturated rings. The predicted molar refractivity (Wildman–Crippen MR) is 203 cm³/mol. The summed E-state index contributed by atoms with van der Waals surface area (Å²) < 4.78 is 33.2. The van der Waals surface area contributed by atoms with Gasteiger partial charge in [0.25, 0.3) is 0 Å². The molecule has 3 atom stereocenters. The molecule has 11 heteroatoms. The number of carbonyl (C=O) groups excluding carboxylic acids is 1. The van der Waals surface area contributed by atoms with Crippen molar-refractivity contribution >= 4 is 19.8 Å². The fraction of sp³-hybridized carbons (Fsp3) is 0.846. The molecule has 0 heterocycles. The zero-order chi connectivity index (χ0) is 37.0. The van der Waals surface area contributed by atoms with Crippen LogP contribution in [0.3, 0.4) is 0 Å². The number of carboxylic acid groups (broad SMARTS) is 1. The van der Waals surface area contributed by atoms with Gasteiger partial charge in [0, 0.05) is 13.0 Å². The molecule has 0 bridgehead atoms. The summed E-state index contributed by atoms with van der Waals surface area (Å²) in [6, 6.07) is -1.47. The first-order valence-electron chi connectivity index (χ1n) is 19.9. The van der Waals surface area contributed by atoms with Crippen molar-refractivity contribution in [2.45, 2.75) is 187 Å². The molecule has 0 aliphatic heterocycles. The van der Waals surface area contributed by atoms with Crippen molar-refractivity contribution in [1.82, 2.24) is 0 Å². The number of ether oxygens (including phenoxy) is 2. The summed E-state index contributed by atoms with van der Waals surface area (Å²) in [5.74, 6) is -1.78. The molecule has 50 heavy (non-hydrogen) atoms. The van der Waals surface area contributed by atoms with Crippen LogP contribution >= 0.6 is 7.82 Å². The van der Waals surface area contributed by atoms with Crippen LogP contribution in [0.25, 0.3) is 0 Å². The van der Waals surface area contributed by atoms with Crippen molar-refractivity contribution in [3.63, 3.8) is 0 Å². The average molecular weight is 732 g/mol. The summed E-state index contributed by atoms with van der Waals surface area (Å²) in [6.45, 7) is 3.82. The molecule has 0 radical (unpaired) electrons. The Bertz CT molecular complexity index is 899. The van der Waals surface area contributed by atoms with E-state index in [2.05, 4.69) is 38.2 Å². The standard InChI is InChI=1S/C39H74NO9P/c1-3-5-7-9-11-13-15-17-18-20-22-24-26-28-30-32-46-33-36(34-47-50(44,45)48-35-37(40)39(42)43)49-38(41)31-29-27-25-23-21-19-16-14-12-10-8-6-4-2/h9,11,15,17,36-37H,3-8,10,12-14,16,18-35,40H2,1-2H3,(H,42,43)(H,44,45)/b11-9-,17-15-. The monoisotopic (exact) mass is 732 g/mol. The summed E-state index contributed by atoms with van der Waals surface area (Å²) in [5, 5.41) is 8.87. The first kappa shape index (κ1) is 48.5. The smallest absolute Gasteiger partial charge is 0.472 e. The van der Waals surface area contributed by atoms with Crippen molar-refractivity contribution in [1.29, 1.82) is 0 Å². The Labute approximate surface area is 304 Å². The van der Waals surface area contributed by atoms with Gasteiger partial charge in [-0.15, -0.1) is 0 Å². The molecular weight excluding hydrogens is 657 g/mol. The Balaban J connectivity index is 4.29. The van der Waals surface area contributed by atoms with Crippen LogP contribution in [-0.2, 0) is 32.7 Å². The Morgan fingerprint density at radius 3 is 1.68 bits per heavy atom. The Kier molecular flexibility index (Phi) is 34.7. The molecule has 10 nitrogen and oxygen atoms in total. The van der Waals surface area contributed by atoms with E-state index in [1.807, 2.05) is 0 Å². The number of hydrogen-bond donors (Lipinski definition) is 3. The van der Waals surface area contributed by atoms with Crippen molar-refractivity contribution in [3.05, 3.63) is 24.3 Å². The zero-order valence-corrected chi connectivity index (χ0v) is 32.6. The number of allylic oxidation sites excluding steroid dienone is 4. The van der Waals surface area contributed by atoms with E-state index in [1.165, 1.54) is 103 Å². The Morgan fingerprint density at radius 1 is 0.640 bits per heavy atom. The molecule has 0 aromatic carbocycles. The molecule has 0 spiro atoms. The van der Waals surface area contributed by atoms with Crippen LogP contribution in [0.4, 0.5) is 0 Å². The number of unbranched alkanes of at least 4 members (excludes halogenated alkanes) is 20. The molecule has 3 unspecified atom stereocenters. The SMILES string of the molecule is CCCC/C=C\C/C=C\CCCCCCCCOCC(COP(=O)(O)OCC(N)C(=O)O)OC(=O)CCCCCCCCCCCCCCC. The van der Waals surface area contributed by atoms with Crippen LogP contribution in [0.2, 0.25) is 0 Å². The molecule has 294 valence electrons. The van der Waals surface area contributed by atoms with Gasteiger partial charge < -0.3 is 25.2 Å². The van der Waals surface area contributed by atoms with Crippen LogP contribution in [0.5, 0.6) is 0 Å². The van der Waals surface area contributed by atoms with Crippen molar-refractivity contribution in [2.75, 3.05) is 26.4 Å². The molecular formula is C39H74NO9P. The quantitative estimate of drug-likeness (QED) is 0.0242. The zero-order valence-electron chi connectivity index (χ0n) is 31.7. The first-order chi connectivity index (χ1) is 24.2. The lowest BCUT2D eigenvalue weighted by Crippen LogP contribution is -2.34. The van der Waals surface area contributed by atoms with Gasteiger partial charge in [-0.25, -0.2) is 4.57 Å². The number of carboxylic acids is 1. The van der Waals surface area contributed by atoms with Gasteiger partial charge in [-0.1, -0.05) is 154 Å². The van der Waals surface area contributed by atoms with Crippen LogP contribution in [0.1, 0.15) is 174 Å². The molecule has 0 amide bonds. The summed E-state index contributed by atoms with van der Waals surface area (Å²) in [4.78, 5) is 33.4. The van der Waals surface area contributed by atoms with Crippen LogP contribution in [0.15, 0.2) is 24.3 Å². The van der Waals surface area contributed by atoms with E-state index in [9.17, 15) is 19.0 Å². The third-order valence-corrected chi connectivity index (χ3v) is 9.43. The topological polar surface area (TPSA) is 155 Å². The van der Waals surface area contributed by atoms with E-state index >= 15 is 0 Å². The number of phosphoric acid groups is 1. The Hall–Kier alpha value is -1.55. The van der Waals surface area contributed by atoms with Crippen molar-refractivity contribution < 1.29 is 42.7 Å². The summed E-state index contributed by atoms with van der Waals surface area (Å²) in [7, 11) is -4.61. The molecule has 0 saturated carbocycles. The predicted octanol–water partition coefficient (Wildman–Crippen LogP) is 10.4. The highest BCUT2D eigenvalue weighted by atomic mass is 31.2. The second-order valence-corrected chi connectivity index (χ2v) is 14.9. The lowest BCUT2D eigenvalue weighted by molar-refractivity contribution is -0.154. The lowest BCUT2D eigenvalue weighted by atomic mass is 10.0. The number of aliphatic carboxylic acids is 1. The van der Waals surface area contributed by atoms with Gasteiger partial charge in [0.1, 0.15) is 12.1 Å². The van der Waals surface area contributed by atoms with E-state index in [0.29, 0.717) is 13.0 Å². The molecule has 0 aliphatic rings. The largest absolute Gasteiger partial charge is 0.480 e. The molecule has 4 N–H and O–H groups in total. The van der Waals surface area contributed by atoms with Gasteiger partial charge in [-0.3, -0.25) is 18.6 Å². The normalized spacial score (nSPS) is 14.3. The summed E-state index contributed by atoms with van der Waals surface area (Å²) >= 11 is 0. The molecule has 0 aromatic rings. The fourth-order valence-corrected chi connectivity index (χ4v) is 6.10. The van der Waals surface area contributed by atoms with Gasteiger partial charge in [0.15, 0.2) is 0 Å². The van der Waals surface area contributed by atoms with Gasteiger partial charge in [0.2, 0.25) is 0 Å². The minimum absolute atomic E-state index is 0.0130. The number of carbonyl (C=O) groups is 2. The molecule has 0 rings (SSSR count).